The normalized spacial score (nSPS) is 12.3. The molecule has 1 aliphatic carbocycles. The second-order valence-electron chi connectivity index (χ2n) is 6.49. The van der Waals surface area contributed by atoms with Crippen LogP contribution in [0.2, 0.25) is 0 Å². The largest absolute Gasteiger partial charge is 0.449 e. The van der Waals surface area contributed by atoms with Crippen molar-refractivity contribution in [2.45, 2.75) is 12.3 Å². The minimum atomic E-state index is -0.359. The zero-order chi connectivity index (χ0) is 17.8. The molecule has 26 heavy (non-hydrogen) atoms. The molecule has 0 fully saturated rings. The number of nitrogens with one attached hydrogen (secondary N) is 1. The molecule has 0 saturated heterocycles. The lowest BCUT2D eigenvalue weighted by molar-refractivity contribution is 0.143. The summed E-state index contributed by atoms with van der Waals surface area (Å²) >= 11 is 0. The van der Waals surface area contributed by atoms with E-state index < -0.39 is 0 Å². The van der Waals surface area contributed by atoms with Crippen LogP contribution in [0.5, 0.6) is 0 Å². The Morgan fingerprint density at radius 2 is 1.38 bits per heavy atom. The van der Waals surface area contributed by atoms with Crippen molar-refractivity contribution in [1.29, 1.82) is 0 Å². The van der Waals surface area contributed by atoms with Gasteiger partial charge in [0.25, 0.3) is 0 Å². The summed E-state index contributed by atoms with van der Waals surface area (Å²) < 4.78 is 5.53. The summed E-state index contributed by atoms with van der Waals surface area (Å²) in [5, 5.41) is 2.84. The van der Waals surface area contributed by atoms with Gasteiger partial charge < -0.3 is 10.1 Å². The number of ether oxygens (including phenoxy) is 1. The van der Waals surface area contributed by atoms with Crippen LogP contribution >= 0.6 is 0 Å². The zero-order valence-corrected chi connectivity index (χ0v) is 14.5. The van der Waals surface area contributed by atoms with E-state index >= 15 is 0 Å². The van der Waals surface area contributed by atoms with Gasteiger partial charge in [-0.15, -0.1) is 0 Å². The van der Waals surface area contributed by atoms with Crippen LogP contribution in [0.15, 0.2) is 78.9 Å². The van der Waals surface area contributed by atoms with Crippen molar-refractivity contribution < 1.29 is 9.53 Å². The van der Waals surface area contributed by atoms with Crippen LogP contribution in [0, 0.1) is 0 Å². The monoisotopic (exact) mass is 343 g/mol. The topological polar surface area (TPSA) is 38.3 Å². The smallest absolute Gasteiger partial charge is 0.407 e. The first-order valence-corrected chi connectivity index (χ1v) is 8.96. The number of hydrogen-bond donors (Lipinski definition) is 1. The Balaban J connectivity index is 1.36. The summed E-state index contributed by atoms with van der Waals surface area (Å²) in [6, 6.07) is 26.8. The van der Waals surface area contributed by atoms with Gasteiger partial charge in [-0.05, 0) is 34.2 Å². The summed E-state index contributed by atoms with van der Waals surface area (Å²) in [7, 11) is 0. The molecule has 1 amide bonds. The molecule has 1 N–H and O–H groups in total. The number of amides is 1. The highest BCUT2D eigenvalue weighted by Gasteiger charge is 2.28. The van der Waals surface area contributed by atoms with E-state index in [0.29, 0.717) is 13.2 Å². The first-order valence-electron chi connectivity index (χ1n) is 8.96. The predicted octanol–water partition coefficient (Wildman–Crippen LogP) is 4.77. The van der Waals surface area contributed by atoms with Gasteiger partial charge in [0.05, 0.1) is 0 Å². The molecule has 0 aliphatic heterocycles. The van der Waals surface area contributed by atoms with Crippen molar-refractivity contribution in [3.8, 4) is 11.1 Å². The van der Waals surface area contributed by atoms with Crippen LogP contribution in [-0.2, 0) is 11.2 Å². The molecule has 0 aromatic heterocycles. The van der Waals surface area contributed by atoms with Gasteiger partial charge in [-0.1, -0.05) is 78.9 Å². The molecule has 0 heterocycles. The number of rotatable bonds is 5. The highest BCUT2D eigenvalue weighted by atomic mass is 16.5. The molecule has 0 saturated carbocycles. The number of hydrogen-bond acceptors (Lipinski definition) is 2. The summed E-state index contributed by atoms with van der Waals surface area (Å²) in [5.41, 5.74) is 6.13. The van der Waals surface area contributed by atoms with E-state index in [9.17, 15) is 4.79 Å². The third kappa shape index (κ3) is 3.33. The van der Waals surface area contributed by atoms with E-state index in [2.05, 4.69) is 53.8 Å². The molecule has 130 valence electrons. The summed E-state index contributed by atoms with van der Waals surface area (Å²) in [6.45, 7) is 0.923. The lowest BCUT2D eigenvalue weighted by Crippen LogP contribution is -2.28. The summed E-state index contributed by atoms with van der Waals surface area (Å²) in [5.74, 6) is 0.0993. The van der Waals surface area contributed by atoms with Gasteiger partial charge in [-0.2, -0.15) is 0 Å². The number of benzene rings is 3. The predicted molar refractivity (Wildman–Crippen MR) is 103 cm³/mol. The van der Waals surface area contributed by atoms with Crippen LogP contribution < -0.4 is 5.32 Å². The van der Waals surface area contributed by atoms with Crippen LogP contribution in [0.3, 0.4) is 0 Å². The van der Waals surface area contributed by atoms with Crippen molar-refractivity contribution in [2.75, 3.05) is 13.2 Å². The summed E-state index contributed by atoms with van der Waals surface area (Å²) in [6.07, 6.45) is 0.438. The van der Waals surface area contributed by atoms with E-state index in [1.165, 1.54) is 27.8 Å². The zero-order valence-electron chi connectivity index (χ0n) is 14.5. The fourth-order valence-corrected chi connectivity index (χ4v) is 3.60. The lowest BCUT2D eigenvalue weighted by atomic mass is 9.98. The molecule has 4 rings (SSSR count). The maximum Gasteiger partial charge on any atom is 0.407 e. The third-order valence-corrected chi connectivity index (χ3v) is 4.87. The van der Waals surface area contributed by atoms with Crippen LogP contribution in [0.25, 0.3) is 11.1 Å². The average Bonchev–Trinajstić information content (AvgIpc) is 3.01. The molecule has 0 spiro atoms. The Hall–Kier alpha value is -3.07. The van der Waals surface area contributed by atoms with Crippen molar-refractivity contribution >= 4 is 6.09 Å². The lowest BCUT2D eigenvalue weighted by Gasteiger charge is -2.14. The number of carbonyl (C=O) groups excluding carboxylic acids is 1. The molecule has 3 nitrogen and oxygen atoms in total. The molecule has 3 aromatic carbocycles. The molecule has 0 bridgehead atoms. The first kappa shape index (κ1) is 16.4. The van der Waals surface area contributed by atoms with Crippen LogP contribution in [0.1, 0.15) is 22.6 Å². The molecule has 0 radical (unpaired) electrons. The summed E-state index contributed by atoms with van der Waals surface area (Å²) in [4.78, 5) is 12.1. The molecule has 1 aliphatic rings. The number of alkyl carbamates (subject to hydrolysis) is 1. The highest BCUT2D eigenvalue weighted by Crippen LogP contribution is 2.44. The Morgan fingerprint density at radius 3 is 2.04 bits per heavy atom. The Morgan fingerprint density at radius 1 is 0.808 bits per heavy atom. The van der Waals surface area contributed by atoms with Crippen LogP contribution in [0.4, 0.5) is 4.79 Å². The Bertz CT molecular complexity index is 859. The molecular formula is C23H21NO2. The van der Waals surface area contributed by atoms with E-state index in [4.69, 9.17) is 4.74 Å². The van der Waals surface area contributed by atoms with E-state index in [0.717, 1.165) is 6.42 Å². The number of fused-ring (bicyclic) bond motifs is 3. The minimum absolute atomic E-state index is 0.0993. The fourth-order valence-electron chi connectivity index (χ4n) is 3.60. The molecule has 0 atom stereocenters. The van der Waals surface area contributed by atoms with Crippen molar-refractivity contribution in [1.82, 2.24) is 5.32 Å². The van der Waals surface area contributed by atoms with E-state index in [1.807, 2.05) is 30.3 Å². The van der Waals surface area contributed by atoms with Gasteiger partial charge in [0.1, 0.15) is 6.61 Å². The van der Waals surface area contributed by atoms with Gasteiger partial charge in [-0.25, -0.2) is 4.79 Å². The highest BCUT2D eigenvalue weighted by molar-refractivity contribution is 5.79. The second kappa shape index (κ2) is 7.44. The average molecular weight is 343 g/mol. The van der Waals surface area contributed by atoms with Crippen molar-refractivity contribution in [2.24, 2.45) is 0 Å². The maximum absolute atomic E-state index is 12.1. The SMILES string of the molecule is O=C(NCCc1ccccc1)OCC1c2ccccc2-c2ccccc21. The first-order chi connectivity index (χ1) is 12.8. The van der Waals surface area contributed by atoms with Gasteiger partial charge in [0.2, 0.25) is 0 Å². The fraction of sp³-hybridized carbons (Fsp3) is 0.174. The maximum atomic E-state index is 12.1. The van der Waals surface area contributed by atoms with E-state index in [-0.39, 0.29) is 12.0 Å². The quantitative estimate of drug-likeness (QED) is 0.725. The van der Waals surface area contributed by atoms with Crippen LogP contribution in [-0.4, -0.2) is 19.2 Å². The van der Waals surface area contributed by atoms with Crippen molar-refractivity contribution in [3.05, 3.63) is 95.6 Å². The molecule has 3 heteroatoms. The van der Waals surface area contributed by atoms with Crippen molar-refractivity contribution in [3.63, 3.8) is 0 Å². The standard InChI is InChI=1S/C23H21NO2/c25-23(24-15-14-17-8-2-1-3-9-17)26-16-22-20-12-6-4-10-18(20)19-11-5-7-13-21(19)22/h1-13,22H,14-16H2,(H,24,25). The molecule has 0 unspecified atom stereocenters. The Labute approximate surface area is 153 Å². The van der Waals surface area contributed by atoms with Gasteiger partial charge >= 0.3 is 6.09 Å². The molecule has 3 aromatic rings. The van der Waals surface area contributed by atoms with Gasteiger partial charge in [0.15, 0.2) is 0 Å². The second-order valence-corrected chi connectivity index (χ2v) is 6.49. The number of carbonyl (C=O) groups is 1. The molecular weight excluding hydrogens is 322 g/mol. The Kier molecular flexibility index (Phi) is 4.69. The van der Waals surface area contributed by atoms with Gasteiger partial charge in [-0.3, -0.25) is 0 Å². The van der Waals surface area contributed by atoms with E-state index in [1.54, 1.807) is 0 Å². The minimum Gasteiger partial charge on any atom is -0.449 e. The van der Waals surface area contributed by atoms with Gasteiger partial charge in [0, 0.05) is 12.5 Å². The third-order valence-electron chi connectivity index (χ3n) is 4.87.